The molecule has 1 aliphatic carbocycles. The van der Waals surface area contributed by atoms with Gasteiger partial charge in [0.05, 0.1) is 6.54 Å². The molecular weight excluding hydrogens is 435 g/mol. The van der Waals surface area contributed by atoms with Crippen LogP contribution in [0.1, 0.15) is 37.7 Å². The molecule has 3 rings (SSSR count). The van der Waals surface area contributed by atoms with E-state index in [0.717, 1.165) is 6.07 Å². The van der Waals surface area contributed by atoms with E-state index in [1.54, 1.807) is 4.90 Å². The number of nitrogens with one attached hydrogen (secondary N) is 1. The van der Waals surface area contributed by atoms with Gasteiger partial charge in [-0.25, -0.2) is 13.2 Å². The van der Waals surface area contributed by atoms with Crippen LogP contribution in [-0.2, 0) is 16.1 Å². The summed E-state index contributed by atoms with van der Waals surface area (Å²) in [6.45, 7) is 2.13. The first-order valence-corrected chi connectivity index (χ1v) is 10.8. The zero-order chi connectivity index (χ0) is 22.6. The number of aromatic hydroxyl groups is 1. The fourth-order valence-electron chi connectivity index (χ4n) is 4.06. The van der Waals surface area contributed by atoms with Crippen molar-refractivity contribution in [2.45, 2.75) is 44.6 Å². The molecule has 31 heavy (non-hydrogen) atoms. The molecule has 1 saturated heterocycles. The lowest BCUT2D eigenvalue weighted by Crippen LogP contribution is -2.50. The molecule has 2 N–H and O–H groups in total. The molecule has 0 atom stereocenters. The minimum Gasteiger partial charge on any atom is -0.505 e. The van der Waals surface area contributed by atoms with Gasteiger partial charge in [-0.1, -0.05) is 11.6 Å². The molecule has 0 bridgehead atoms. The number of carbonyl (C=O) groups excluding carboxylic acids is 2. The van der Waals surface area contributed by atoms with E-state index in [2.05, 4.69) is 5.32 Å². The molecular formula is C21H27ClF3N3O3. The van der Waals surface area contributed by atoms with E-state index >= 15 is 0 Å². The minimum absolute atomic E-state index is 0.0639. The van der Waals surface area contributed by atoms with Crippen molar-refractivity contribution in [3.05, 3.63) is 28.5 Å². The Hall–Kier alpha value is -2.00. The lowest BCUT2D eigenvalue weighted by Gasteiger charge is -2.35. The third-order valence-electron chi connectivity index (χ3n) is 5.97. The quantitative estimate of drug-likeness (QED) is 0.682. The van der Waals surface area contributed by atoms with Gasteiger partial charge in [0, 0.05) is 62.6 Å². The number of hydrogen-bond donors (Lipinski definition) is 2. The number of halogens is 4. The zero-order valence-corrected chi connectivity index (χ0v) is 17.9. The highest BCUT2D eigenvalue weighted by Crippen LogP contribution is 2.37. The smallest absolute Gasteiger partial charge is 0.248 e. The van der Waals surface area contributed by atoms with E-state index in [0.29, 0.717) is 51.1 Å². The highest BCUT2D eigenvalue weighted by Gasteiger charge is 2.35. The average molecular weight is 462 g/mol. The standard InChI is InChI=1S/C21H27ClF3N3O3/c22-16-10-15(20(31)17(23)11-16)13-27-5-7-28(8-6-27)19(30)12-26-18(29)9-14-1-3-21(24,25)4-2-14/h10-11,14,31H,1-9,12-13H2,(H,26,29). The Labute approximate surface area is 184 Å². The molecule has 0 unspecified atom stereocenters. The Bertz CT molecular complexity index is 807. The molecule has 172 valence electrons. The molecule has 0 aromatic heterocycles. The monoisotopic (exact) mass is 461 g/mol. The summed E-state index contributed by atoms with van der Waals surface area (Å²) in [5.41, 5.74) is 0.387. The van der Waals surface area contributed by atoms with Crippen LogP contribution in [0.25, 0.3) is 0 Å². The molecule has 0 radical (unpaired) electrons. The number of phenols is 1. The van der Waals surface area contributed by atoms with Crippen LogP contribution < -0.4 is 5.32 Å². The summed E-state index contributed by atoms with van der Waals surface area (Å²) in [6.07, 6.45) is 0.434. The Morgan fingerprint density at radius 2 is 1.81 bits per heavy atom. The fraction of sp³-hybridized carbons (Fsp3) is 0.619. The summed E-state index contributed by atoms with van der Waals surface area (Å²) >= 11 is 5.85. The van der Waals surface area contributed by atoms with Gasteiger partial charge < -0.3 is 15.3 Å². The zero-order valence-electron chi connectivity index (χ0n) is 17.2. The summed E-state index contributed by atoms with van der Waals surface area (Å²) in [7, 11) is 0. The summed E-state index contributed by atoms with van der Waals surface area (Å²) in [5.74, 6) is -4.38. The van der Waals surface area contributed by atoms with E-state index in [-0.39, 0.29) is 48.6 Å². The maximum absolute atomic E-state index is 13.6. The number of phenolic OH excluding ortho intramolecular Hbond substituents is 1. The summed E-state index contributed by atoms with van der Waals surface area (Å²) in [5, 5.41) is 12.7. The van der Waals surface area contributed by atoms with Crippen molar-refractivity contribution in [3.63, 3.8) is 0 Å². The summed E-state index contributed by atoms with van der Waals surface area (Å²) < 4.78 is 40.0. The van der Waals surface area contributed by atoms with Gasteiger partial charge >= 0.3 is 0 Å². The van der Waals surface area contributed by atoms with E-state index in [1.165, 1.54) is 6.07 Å². The number of hydrogen-bond acceptors (Lipinski definition) is 4. The van der Waals surface area contributed by atoms with E-state index in [1.807, 2.05) is 4.90 Å². The van der Waals surface area contributed by atoms with Crippen LogP contribution in [0.2, 0.25) is 5.02 Å². The Kier molecular flexibility index (Phi) is 7.69. The second kappa shape index (κ2) is 10.1. The van der Waals surface area contributed by atoms with E-state index in [4.69, 9.17) is 11.6 Å². The maximum Gasteiger partial charge on any atom is 0.248 e. The van der Waals surface area contributed by atoms with Crippen molar-refractivity contribution in [2.75, 3.05) is 32.7 Å². The van der Waals surface area contributed by atoms with Crippen LogP contribution in [0.15, 0.2) is 12.1 Å². The molecule has 1 heterocycles. The van der Waals surface area contributed by atoms with Crippen LogP contribution in [0.3, 0.4) is 0 Å². The number of benzene rings is 1. The molecule has 6 nitrogen and oxygen atoms in total. The van der Waals surface area contributed by atoms with Crippen molar-refractivity contribution in [1.29, 1.82) is 0 Å². The molecule has 1 aromatic rings. The Balaban J connectivity index is 1.38. The maximum atomic E-state index is 13.6. The van der Waals surface area contributed by atoms with Gasteiger partial charge in [0.1, 0.15) is 0 Å². The third kappa shape index (κ3) is 6.74. The molecule has 2 aliphatic rings. The van der Waals surface area contributed by atoms with Gasteiger partial charge in [-0.15, -0.1) is 0 Å². The molecule has 2 fully saturated rings. The summed E-state index contributed by atoms with van der Waals surface area (Å²) in [6, 6.07) is 2.56. The van der Waals surface area contributed by atoms with Crippen molar-refractivity contribution < 1.29 is 27.9 Å². The molecule has 0 spiro atoms. The first-order valence-electron chi connectivity index (χ1n) is 10.4. The van der Waals surface area contributed by atoms with Gasteiger partial charge in [0.2, 0.25) is 17.7 Å². The van der Waals surface area contributed by atoms with E-state index < -0.39 is 17.5 Å². The predicted octanol–water partition coefficient (Wildman–Crippen LogP) is 3.16. The number of nitrogens with zero attached hydrogens (tertiary/aromatic N) is 2. The number of piperazine rings is 1. The average Bonchev–Trinajstić information content (AvgIpc) is 2.72. The predicted molar refractivity (Wildman–Crippen MR) is 109 cm³/mol. The Morgan fingerprint density at radius 1 is 1.16 bits per heavy atom. The van der Waals surface area contributed by atoms with Crippen LogP contribution in [0.5, 0.6) is 5.75 Å². The highest BCUT2D eigenvalue weighted by atomic mass is 35.5. The minimum atomic E-state index is -2.62. The van der Waals surface area contributed by atoms with Gasteiger partial charge in [0.25, 0.3) is 0 Å². The highest BCUT2D eigenvalue weighted by molar-refractivity contribution is 6.30. The Morgan fingerprint density at radius 3 is 2.45 bits per heavy atom. The van der Waals surface area contributed by atoms with Gasteiger partial charge in [-0.05, 0) is 30.9 Å². The van der Waals surface area contributed by atoms with Crippen molar-refractivity contribution in [2.24, 2.45) is 5.92 Å². The third-order valence-corrected chi connectivity index (χ3v) is 6.19. The van der Waals surface area contributed by atoms with Crippen molar-refractivity contribution in [3.8, 4) is 5.75 Å². The molecule has 1 saturated carbocycles. The number of carbonyl (C=O) groups is 2. The first-order chi connectivity index (χ1) is 14.6. The molecule has 1 aromatic carbocycles. The number of alkyl halides is 2. The molecule has 10 heteroatoms. The fourth-order valence-corrected chi connectivity index (χ4v) is 4.29. The van der Waals surface area contributed by atoms with Crippen LogP contribution in [-0.4, -0.2) is 65.4 Å². The SMILES string of the molecule is O=C(CC1CCC(F)(F)CC1)NCC(=O)N1CCN(Cc2cc(Cl)cc(F)c2O)CC1. The molecule has 1 aliphatic heterocycles. The second-order valence-corrected chi connectivity index (χ2v) is 8.77. The lowest BCUT2D eigenvalue weighted by molar-refractivity contribution is -0.134. The van der Waals surface area contributed by atoms with E-state index in [9.17, 15) is 27.9 Å². The first kappa shape index (κ1) is 23.7. The number of rotatable bonds is 6. The largest absolute Gasteiger partial charge is 0.505 e. The van der Waals surface area contributed by atoms with Gasteiger partial charge in [-0.2, -0.15) is 0 Å². The molecule has 2 amide bonds. The number of amides is 2. The second-order valence-electron chi connectivity index (χ2n) is 8.33. The topological polar surface area (TPSA) is 72.9 Å². The summed E-state index contributed by atoms with van der Waals surface area (Å²) in [4.78, 5) is 28.0. The van der Waals surface area contributed by atoms with Crippen LogP contribution in [0.4, 0.5) is 13.2 Å². The normalized spacial score (nSPS) is 19.9. The van der Waals surface area contributed by atoms with Crippen LogP contribution in [0, 0.1) is 11.7 Å². The van der Waals surface area contributed by atoms with Crippen molar-refractivity contribution >= 4 is 23.4 Å². The van der Waals surface area contributed by atoms with Crippen LogP contribution >= 0.6 is 11.6 Å². The van der Waals surface area contributed by atoms with Gasteiger partial charge in [0.15, 0.2) is 11.6 Å². The lowest BCUT2D eigenvalue weighted by atomic mass is 9.84. The van der Waals surface area contributed by atoms with Gasteiger partial charge in [-0.3, -0.25) is 14.5 Å². The van der Waals surface area contributed by atoms with Crippen molar-refractivity contribution in [1.82, 2.24) is 15.1 Å².